The third kappa shape index (κ3) is 4.51. The molecule has 0 aliphatic carbocycles. The summed E-state index contributed by atoms with van der Waals surface area (Å²) in [7, 11) is 1.65. The second kappa shape index (κ2) is 8.69. The van der Waals surface area contributed by atoms with Gasteiger partial charge in [-0.05, 0) is 43.3 Å². The summed E-state index contributed by atoms with van der Waals surface area (Å²) in [4.78, 5) is 4.76. The van der Waals surface area contributed by atoms with Gasteiger partial charge in [0.1, 0.15) is 36.3 Å². The lowest BCUT2D eigenvalue weighted by molar-refractivity contribution is 0.271. The summed E-state index contributed by atoms with van der Waals surface area (Å²) in [5, 5.41) is 0. The van der Waals surface area contributed by atoms with Crippen LogP contribution in [0.15, 0.2) is 72.8 Å². The molecule has 3 aromatic carbocycles. The Kier molecular flexibility index (Phi) is 5.66. The van der Waals surface area contributed by atoms with Crippen molar-refractivity contribution in [2.24, 2.45) is 0 Å². The standard InChI is InChI=1S/C24H24N2O3/c1-18-10-12-19(13-11-18)28-15-14-26-23-9-4-3-8-22(23)25-24(26)17-29-21-7-5-6-20(16-21)27-2/h3-13,16H,14-15,17H2,1-2H3. The number of fused-ring (bicyclic) bond motifs is 1. The van der Waals surface area contributed by atoms with Crippen LogP contribution in [0.25, 0.3) is 11.0 Å². The minimum atomic E-state index is 0.367. The number of rotatable bonds is 8. The van der Waals surface area contributed by atoms with Gasteiger partial charge in [0, 0.05) is 6.07 Å². The van der Waals surface area contributed by atoms with Gasteiger partial charge in [0.05, 0.1) is 24.7 Å². The molecule has 29 heavy (non-hydrogen) atoms. The Bertz CT molecular complexity index is 1090. The normalized spacial score (nSPS) is 10.8. The van der Waals surface area contributed by atoms with Gasteiger partial charge in [-0.15, -0.1) is 0 Å². The molecule has 5 nitrogen and oxygen atoms in total. The summed E-state index contributed by atoms with van der Waals surface area (Å²) in [6.07, 6.45) is 0. The molecule has 0 radical (unpaired) electrons. The Morgan fingerprint density at radius 3 is 2.45 bits per heavy atom. The average molecular weight is 388 g/mol. The van der Waals surface area contributed by atoms with Crippen LogP contribution < -0.4 is 14.2 Å². The van der Waals surface area contributed by atoms with Crippen molar-refractivity contribution >= 4 is 11.0 Å². The van der Waals surface area contributed by atoms with Crippen molar-refractivity contribution in [3.63, 3.8) is 0 Å². The first kappa shape index (κ1) is 18.9. The van der Waals surface area contributed by atoms with Crippen LogP contribution in [-0.2, 0) is 13.2 Å². The van der Waals surface area contributed by atoms with E-state index in [1.165, 1.54) is 5.56 Å². The van der Waals surface area contributed by atoms with Gasteiger partial charge in [0.15, 0.2) is 0 Å². The van der Waals surface area contributed by atoms with Crippen molar-refractivity contribution in [1.29, 1.82) is 0 Å². The van der Waals surface area contributed by atoms with Crippen molar-refractivity contribution in [3.8, 4) is 17.2 Å². The second-order valence-electron chi connectivity index (χ2n) is 6.80. The fourth-order valence-electron chi connectivity index (χ4n) is 3.21. The first-order valence-corrected chi connectivity index (χ1v) is 9.63. The van der Waals surface area contributed by atoms with Crippen LogP contribution in [0.2, 0.25) is 0 Å². The highest BCUT2D eigenvalue weighted by Crippen LogP contribution is 2.22. The summed E-state index contributed by atoms with van der Waals surface area (Å²) in [6.45, 7) is 3.67. The average Bonchev–Trinajstić information content (AvgIpc) is 3.11. The van der Waals surface area contributed by atoms with Gasteiger partial charge in [0.2, 0.25) is 0 Å². The number of methoxy groups -OCH3 is 1. The number of ether oxygens (including phenoxy) is 3. The molecule has 0 spiro atoms. The minimum Gasteiger partial charge on any atom is -0.497 e. The Labute approximate surface area is 170 Å². The molecule has 0 aliphatic rings. The van der Waals surface area contributed by atoms with E-state index in [9.17, 15) is 0 Å². The van der Waals surface area contributed by atoms with Crippen LogP contribution in [-0.4, -0.2) is 23.3 Å². The zero-order chi connectivity index (χ0) is 20.1. The van der Waals surface area contributed by atoms with Gasteiger partial charge in [-0.25, -0.2) is 4.98 Å². The molecule has 0 unspecified atom stereocenters. The molecule has 1 heterocycles. The molecule has 1 aromatic heterocycles. The Morgan fingerprint density at radius 2 is 1.62 bits per heavy atom. The highest BCUT2D eigenvalue weighted by atomic mass is 16.5. The predicted molar refractivity (Wildman–Crippen MR) is 114 cm³/mol. The fraction of sp³-hybridized carbons (Fsp3) is 0.208. The maximum absolute atomic E-state index is 5.98. The third-order valence-corrected chi connectivity index (χ3v) is 4.75. The van der Waals surface area contributed by atoms with Crippen molar-refractivity contribution < 1.29 is 14.2 Å². The van der Waals surface area contributed by atoms with Gasteiger partial charge in [-0.3, -0.25) is 0 Å². The summed E-state index contributed by atoms with van der Waals surface area (Å²) < 4.78 is 19.3. The van der Waals surface area contributed by atoms with E-state index in [1.807, 2.05) is 54.6 Å². The number of hydrogen-bond acceptors (Lipinski definition) is 4. The minimum absolute atomic E-state index is 0.367. The maximum Gasteiger partial charge on any atom is 0.148 e. The smallest absolute Gasteiger partial charge is 0.148 e. The molecule has 148 valence electrons. The van der Waals surface area contributed by atoms with Gasteiger partial charge < -0.3 is 18.8 Å². The first-order valence-electron chi connectivity index (χ1n) is 9.63. The first-order chi connectivity index (χ1) is 14.2. The molecule has 0 atom stereocenters. The summed E-state index contributed by atoms with van der Waals surface area (Å²) in [5.41, 5.74) is 3.24. The van der Waals surface area contributed by atoms with Gasteiger partial charge in [-0.1, -0.05) is 35.9 Å². The lowest BCUT2D eigenvalue weighted by Gasteiger charge is -2.12. The molecular weight excluding hydrogens is 364 g/mol. The van der Waals surface area contributed by atoms with Crippen LogP contribution in [0.4, 0.5) is 0 Å². The molecule has 4 rings (SSSR count). The lowest BCUT2D eigenvalue weighted by atomic mass is 10.2. The van der Waals surface area contributed by atoms with E-state index in [0.29, 0.717) is 19.8 Å². The van der Waals surface area contributed by atoms with Crippen LogP contribution in [0.5, 0.6) is 17.2 Å². The highest BCUT2D eigenvalue weighted by molar-refractivity contribution is 5.75. The molecular formula is C24H24N2O3. The number of hydrogen-bond donors (Lipinski definition) is 0. The number of para-hydroxylation sites is 2. The maximum atomic E-state index is 5.98. The Hall–Kier alpha value is -3.47. The molecule has 4 aromatic rings. The predicted octanol–water partition coefficient (Wildman–Crippen LogP) is 5.01. The zero-order valence-corrected chi connectivity index (χ0v) is 16.7. The monoisotopic (exact) mass is 388 g/mol. The molecule has 0 saturated heterocycles. The molecule has 0 bridgehead atoms. The Balaban J connectivity index is 1.49. The largest absolute Gasteiger partial charge is 0.497 e. The quantitative estimate of drug-likeness (QED) is 0.426. The molecule has 0 fully saturated rings. The lowest BCUT2D eigenvalue weighted by Crippen LogP contribution is -2.13. The van der Waals surface area contributed by atoms with E-state index >= 15 is 0 Å². The van der Waals surface area contributed by atoms with Crippen LogP contribution in [0.3, 0.4) is 0 Å². The second-order valence-corrected chi connectivity index (χ2v) is 6.80. The van der Waals surface area contributed by atoms with E-state index in [-0.39, 0.29) is 0 Å². The van der Waals surface area contributed by atoms with Crippen molar-refractivity contribution in [1.82, 2.24) is 9.55 Å². The number of aromatic nitrogens is 2. The summed E-state index contributed by atoms with van der Waals surface area (Å²) in [6, 6.07) is 23.8. The summed E-state index contributed by atoms with van der Waals surface area (Å²) in [5.74, 6) is 3.25. The van der Waals surface area contributed by atoms with E-state index in [1.54, 1.807) is 7.11 Å². The van der Waals surface area contributed by atoms with Gasteiger partial charge >= 0.3 is 0 Å². The third-order valence-electron chi connectivity index (χ3n) is 4.75. The SMILES string of the molecule is COc1cccc(OCc2nc3ccccc3n2CCOc2ccc(C)cc2)c1. The van der Waals surface area contributed by atoms with Crippen LogP contribution >= 0.6 is 0 Å². The highest BCUT2D eigenvalue weighted by Gasteiger charge is 2.11. The van der Waals surface area contributed by atoms with E-state index < -0.39 is 0 Å². The molecule has 0 saturated carbocycles. The van der Waals surface area contributed by atoms with Crippen molar-refractivity contribution in [3.05, 3.63) is 84.2 Å². The van der Waals surface area contributed by atoms with Gasteiger partial charge in [-0.2, -0.15) is 0 Å². The van der Waals surface area contributed by atoms with Crippen LogP contribution in [0.1, 0.15) is 11.4 Å². The molecule has 0 aliphatic heterocycles. The summed E-state index contributed by atoms with van der Waals surface area (Å²) >= 11 is 0. The molecule has 0 N–H and O–H groups in total. The number of nitrogens with zero attached hydrogens (tertiary/aromatic N) is 2. The molecule has 0 amide bonds. The van der Waals surface area contributed by atoms with Crippen molar-refractivity contribution in [2.45, 2.75) is 20.1 Å². The number of benzene rings is 3. The van der Waals surface area contributed by atoms with E-state index in [2.05, 4.69) is 29.7 Å². The zero-order valence-electron chi connectivity index (χ0n) is 16.7. The number of aryl methyl sites for hydroxylation is 1. The van der Waals surface area contributed by atoms with Gasteiger partial charge in [0.25, 0.3) is 0 Å². The topological polar surface area (TPSA) is 45.5 Å². The van der Waals surface area contributed by atoms with E-state index in [0.717, 1.165) is 34.1 Å². The number of imidazole rings is 1. The van der Waals surface area contributed by atoms with Crippen molar-refractivity contribution in [2.75, 3.05) is 13.7 Å². The Morgan fingerprint density at radius 1 is 0.828 bits per heavy atom. The molecule has 5 heteroatoms. The fourth-order valence-corrected chi connectivity index (χ4v) is 3.21. The van der Waals surface area contributed by atoms with Crippen LogP contribution in [0, 0.1) is 6.92 Å². The van der Waals surface area contributed by atoms with E-state index in [4.69, 9.17) is 19.2 Å².